The van der Waals surface area contributed by atoms with Crippen LogP contribution in [-0.2, 0) is 4.79 Å². The van der Waals surface area contributed by atoms with Crippen LogP contribution in [0.3, 0.4) is 0 Å². The third-order valence-corrected chi connectivity index (χ3v) is 9.61. The van der Waals surface area contributed by atoms with Crippen LogP contribution in [0, 0.1) is 5.92 Å². The van der Waals surface area contributed by atoms with Gasteiger partial charge in [0, 0.05) is 37.5 Å². The largest absolute Gasteiger partial charge is 0.388 e. The molecule has 0 radical (unpaired) electrons. The molecule has 4 aromatic rings. The van der Waals surface area contributed by atoms with Crippen LogP contribution < -0.4 is 21.3 Å². The number of nitrogens with one attached hydrogen (secondary N) is 2. The molecule has 2 aliphatic carbocycles. The highest BCUT2D eigenvalue weighted by molar-refractivity contribution is 5.85. The summed E-state index contributed by atoms with van der Waals surface area (Å²) in [5, 5.41) is 28.7. The number of aliphatic hydroxyl groups excluding tert-OH is 2. The predicted octanol–water partition coefficient (Wildman–Crippen LogP) is 2.98. The molecule has 2 saturated carbocycles. The molecule has 5 atom stereocenters. The molecule has 1 saturated heterocycles. The molecule has 1 aliphatic heterocycles. The molecule has 238 valence electrons. The van der Waals surface area contributed by atoms with Crippen molar-refractivity contribution in [1.82, 2.24) is 24.8 Å². The van der Waals surface area contributed by atoms with Crippen LogP contribution in [0.25, 0.3) is 11.2 Å². The normalized spacial score (nSPS) is 24.9. The van der Waals surface area contributed by atoms with Crippen molar-refractivity contribution in [2.75, 3.05) is 29.9 Å². The summed E-state index contributed by atoms with van der Waals surface area (Å²) in [6.45, 7) is 1.97. The van der Waals surface area contributed by atoms with Crippen molar-refractivity contribution in [3.8, 4) is 0 Å². The number of nitrogens with zero attached hydrogens (tertiary/aromatic N) is 5. The van der Waals surface area contributed by atoms with Gasteiger partial charge in [-0.3, -0.25) is 4.79 Å². The Morgan fingerprint density at radius 1 is 0.978 bits per heavy atom. The standard InChI is InChI=1S/C33H40N8O3.ClH/c34-23-14-15-40(18-23)33-38-30(35-17-24(20-8-3-1-4-9-20)21-10-5-2-6-11-21)27-31(39-33)41(19-36-27)26-16-25(28(42)29(26)43)37-32(44)22-12-7-13-22;/h1-6,8-11,19,22-26,28-29,42-43H,7,12-18,34H2,(H,37,44)(H,35,38,39);1H/t23-,25+,26-,28-,29+;/m1./s1. The molecule has 3 fully saturated rings. The number of aromatic nitrogens is 4. The van der Waals surface area contributed by atoms with E-state index in [1.54, 1.807) is 6.33 Å². The minimum atomic E-state index is -1.09. The first-order chi connectivity index (χ1) is 21.5. The van der Waals surface area contributed by atoms with Crippen molar-refractivity contribution < 1.29 is 15.0 Å². The molecule has 6 N–H and O–H groups in total. The maximum absolute atomic E-state index is 12.7. The second-order valence-electron chi connectivity index (χ2n) is 12.5. The first kappa shape index (κ1) is 31.2. The number of hydrogen-bond donors (Lipinski definition) is 5. The Bertz CT molecular complexity index is 1560. The van der Waals surface area contributed by atoms with E-state index in [-0.39, 0.29) is 36.2 Å². The van der Waals surface area contributed by atoms with Gasteiger partial charge in [-0.05, 0) is 36.8 Å². The number of hydrogen-bond acceptors (Lipinski definition) is 9. The fraction of sp³-hybridized carbons (Fsp3) is 0.455. The quantitative estimate of drug-likeness (QED) is 0.187. The number of anilines is 2. The molecule has 12 heteroatoms. The molecule has 0 bridgehead atoms. The molecule has 11 nitrogen and oxygen atoms in total. The van der Waals surface area contributed by atoms with E-state index in [1.807, 2.05) is 41.0 Å². The Hall–Kier alpha value is -3.77. The van der Waals surface area contributed by atoms with E-state index < -0.39 is 24.3 Å². The maximum atomic E-state index is 12.7. The zero-order valence-corrected chi connectivity index (χ0v) is 25.9. The Kier molecular flexibility index (Phi) is 9.23. The lowest BCUT2D eigenvalue weighted by molar-refractivity contribution is -0.129. The third kappa shape index (κ3) is 6.22. The molecule has 3 heterocycles. The number of rotatable bonds is 9. The Labute approximate surface area is 268 Å². The molecule has 0 spiro atoms. The van der Waals surface area contributed by atoms with Crippen LogP contribution >= 0.6 is 12.4 Å². The summed E-state index contributed by atoms with van der Waals surface area (Å²) >= 11 is 0. The van der Waals surface area contributed by atoms with Gasteiger partial charge in [-0.1, -0.05) is 67.1 Å². The van der Waals surface area contributed by atoms with Gasteiger partial charge < -0.3 is 36.0 Å². The fourth-order valence-electron chi connectivity index (χ4n) is 6.78. The molecule has 2 aromatic carbocycles. The second-order valence-corrected chi connectivity index (χ2v) is 12.5. The van der Waals surface area contributed by atoms with Gasteiger partial charge in [0.15, 0.2) is 17.0 Å². The SMILES string of the molecule is Cl.N[C@@H]1CCN(c2nc(NCC(c3ccccc3)c3ccccc3)c3ncn([C@@H]4C[C@H](NC(=O)C5CCC5)[C@@H](O)[C@H]4O)c3n2)C1. The van der Waals surface area contributed by atoms with Gasteiger partial charge in [0.25, 0.3) is 0 Å². The number of carbonyl (C=O) groups is 1. The predicted molar refractivity (Wildman–Crippen MR) is 176 cm³/mol. The maximum Gasteiger partial charge on any atom is 0.229 e. The topological polar surface area (TPSA) is 154 Å². The number of halogens is 1. The van der Waals surface area contributed by atoms with Gasteiger partial charge in [0.2, 0.25) is 11.9 Å². The molecular formula is C33H41ClN8O3. The fourth-order valence-corrected chi connectivity index (χ4v) is 6.78. The lowest BCUT2D eigenvalue weighted by atomic mass is 9.84. The van der Waals surface area contributed by atoms with Crippen molar-refractivity contribution in [1.29, 1.82) is 0 Å². The zero-order chi connectivity index (χ0) is 30.2. The number of aliphatic hydroxyl groups is 2. The molecule has 0 unspecified atom stereocenters. The zero-order valence-electron chi connectivity index (χ0n) is 25.1. The number of benzene rings is 2. The van der Waals surface area contributed by atoms with E-state index in [4.69, 9.17) is 20.7 Å². The minimum absolute atomic E-state index is 0. The van der Waals surface area contributed by atoms with Crippen molar-refractivity contribution in [3.05, 3.63) is 78.1 Å². The Morgan fingerprint density at radius 2 is 1.67 bits per heavy atom. The van der Waals surface area contributed by atoms with Crippen LogP contribution in [0.4, 0.5) is 11.8 Å². The monoisotopic (exact) mass is 632 g/mol. The molecule has 7 rings (SSSR count). The van der Waals surface area contributed by atoms with Crippen molar-refractivity contribution in [2.24, 2.45) is 11.7 Å². The lowest BCUT2D eigenvalue weighted by Gasteiger charge is -2.27. The number of fused-ring (bicyclic) bond motifs is 1. The number of nitrogens with two attached hydrogens (primary N) is 1. The van der Waals surface area contributed by atoms with Crippen LogP contribution in [0.15, 0.2) is 67.0 Å². The first-order valence-electron chi connectivity index (χ1n) is 15.7. The lowest BCUT2D eigenvalue weighted by Crippen LogP contribution is -2.46. The molecule has 2 aromatic heterocycles. The number of amides is 1. The minimum Gasteiger partial charge on any atom is -0.388 e. The van der Waals surface area contributed by atoms with Gasteiger partial charge in [-0.2, -0.15) is 9.97 Å². The van der Waals surface area contributed by atoms with E-state index in [0.29, 0.717) is 42.4 Å². The highest BCUT2D eigenvalue weighted by atomic mass is 35.5. The molecule has 45 heavy (non-hydrogen) atoms. The average Bonchev–Trinajstić information content (AvgIpc) is 3.71. The van der Waals surface area contributed by atoms with Crippen molar-refractivity contribution >= 4 is 41.2 Å². The van der Waals surface area contributed by atoms with Crippen molar-refractivity contribution in [2.45, 2.75) is 68.4 Å². The summed E-state index contributed by atoms with van der Waals surface area (Å²) in [6, 6.07) is 19.7. The summed E-state index contributed by atoms with van der Waals surface area (Å²) in [7, 11) is 0. The van der Waals surface area contributed by atoms with Gasteiger partial charge in [-0.25, -0.2) is 4.98 Å². The molecular weight excluding hydrogens is 592 g/mol. The van der Waals surface area contributed by atoms with E-state index in [9.17, 15) is 15.0 Å². The first-order valence-corrected chi connectivity index (χ1v) is 15.7. The molecule has 3 aliphatic rings. The summed E-state index contributed by atoms with van der Waals surface area (Å²) in [6.07, 6.45) is 3.50. The van der Waals surface area contributed by atoms with Gasteiger partial charge >= 0.3 is 0 Å². The summed E-state index contributed by atoms with van der Waals surface area (Å²) < 4.78 is 1.83. The number of imidazole rings is 1. The van der Waals surface area contributed by atoms with Crippen molar-refractivity contribution in [3.63, 3.8) is 0 Å². The highest BCUT2D eigenvalue weighted by Gasteiger charge is 2.44. The summed E-state index contributed by atoms with van der Waals surface area (Å²) in [5.41, 5.74) is 9.77. The van der Waals surface area contributed by atoms with Crippen LogP contribution in [0.2, 0.25) is 0 Å². The van der Waals surface area contributed by atoms with Gasteiger partial charge in [0.05, 0.1) is 18.4 Å². The smallest absolute Gasteiger partial charge is 0.229 e. The van der Waals surface area contributed by atoms with Crippen LogP contribution in [-0.4, -0.2) is 79.6 Å². The Morgan fingerprint density at radius 3 is 2.27 bits per heavy atom. The highest BCUT2D eigenvalue weighted by Crippen LogP contribution is 2.36. The van der Waals surface area contributed by atoms with E-state index in [0.717, 1.165) is 32.2 Å². The second kappa shape index (κ2) is 13.3. The number of carbonyl (C=O) groups excluding carboxylic acids is 1. The van der Waals surface area contributed by atoms with E-state index in [2.05, 4.69) is 39.8 Å². The molecule has 1 amide bonds. The summed E-state index contributed by atoms with van der Waals surface area (Å²) in [4.78, 5) is 29.3. The van der Waals surface area contributed by atoms with E-state index in [1.165, 1.54) is 11.1 Å². The van der Waals surface area contributed by atoms with E-state index >= 15 is 0 Å². The van der Waals surface area contributed by atoms with Gasteiger partial charge in [0.1, 0.15) is 12.2 Å². The average molecular weight is 633 g/mol. The third-order valence-electron chi connectivity index (χ3n) is 9.61. The Balaban J connectivity index is 0.00000357. The van der Waals surface area contributed by atoms with Gasteiger partial charge in [-0.15, -0.1) is 12.4 Å². The van der Waals surface area contributed by atoms with Crippen LogP contribution in [0.1, 0.15) is 55.2 Å². The van der Waals surface area contributed by atoms with Crippen LogP contribution in [0.5, 0.6) is 0 Å². The summed E-state index contributed by atoms with van der Waals surface area (Å²) in [5.74, 6) is 1.17.